The number of hydrogen-bond donors (Lipinski definition) is 1. The molecule has 0 aliphatic heterocycles. The number of rotatable bonds is 11. The molecule has 7 nitrogen and oxygen atoms in total. The largest absolute Gasteiger partial charge is 0.489 e. The van der Waals surface area contributed by atoms with E-state index in [1.165, 1.54) is 43.1 Å². The molecule has 0 amide bonds. The van der Waals surface area contributed by atoms with Crippen molar-refractivity contribution >= 4 is 87.2 Å². The molecule has 0 bridgehead atoms. The summed E-state index contributed by atoms with van der Waals surface area (Å²) in [4.78, 5) is 0. The van der Waals surface area contributed by atoms with Crippen LogP contribution in [0.2, 0.25) is 0 Å². The second-order valence-corrected chi connectivity index (χ2v) is 19.7. The number of para-hydroxylation sites is 8. The van der Waals surface area contributed by atoms with Gasteiger partial charge in [-0.05, 0) is 114 Å². The number of aliphatic hydroxyl groups is 1. The lowest BCUT2D eigenvalue weighted by molar-refractivity contribution is 0.271. The molecule has 0 saturated heterocycles. The zero-order valence-corrected chi connectivity index (χ0v) is 41.3. The van der Waals surface area contributed by atoms with Gasteiger partial charge in [0.25, 0.3) is 0 Å². The predicted octanol–water partition coefficient (Wildman–Crippen LogP) is 16.7. The molecule has 11 aromatic carbocycles. The first kappa shape index (κ1) is 43.7. The van der Waals surface area contributed by atoms with Gasteiger partial charge in [0, 0.05) is 71.9 Å². The topological polar surface area (TPSA) is 58.4 Å². The summed E-state index contributed by atoms with van der Waals surface area (Å²) in [6.45, 7) is 0.370. The predicted molar refractivity (Wildman–Crippen MR) is 311 cm³/mol. The first-order chi connectivity index (χ1) is 37.6. The average Bonchev–Trinajstić information content (AvgIpc) is 4.22. The van der Waals surface area contributed by atoms with Crippen molar-refractivity contribution in [1.82, 2.24) is 18.3 Å². The van der Waals surface area contributed by atoms with Gasteiger partial charge in [0.1, 0.15) is 24.7 Å². The molecule has 15 rings (SSSR count). The molecule has 0 radical (unpaired) electrons. The standard InChI is InChI=1S/C69H48N4O3/c74-42-45-37-52(75-43-46-33-48(70-62-25-9-1-17-54(62)55-18-2-10-26-63(55)70)39-49(34-46)71-64-27-11-3-19-56(64)57-20-4-12-28-65(57)71)41-53(38-45)76-44-47-35-50(72-66-29-13-5-21-58(66)59-22-6-14-30-67(59)72)40-51(36-47)73-68-31-15-7-23-60(68)61-24-8-16-32-69(61)73/h1-41,74H,42-44H2. The number of aliphatic hydroxyl groups excluding tert-OH is 1. The molecule has 4 aromatic heterocycles. The molecule has 0 saturated carbocycles. The van der Waals surface area contributed by atoms with E-state index in [1.807, 2.05) is 18.2 Å². The molecule has 0 atom stereocenters. The van der Waals surface area contributed by atoms with Crippen molar-refractivity contribution in [3.8, 4) is 34.2 Å². The fourth-order valence-electron chi connectivity index (χ4n) is 12.0. The van der Waals surface area contributed by atoms with Crippen molar-refractivity contribution in [3.63, 3.8) is 0 Å². The monoisotopic (exact) mass is 980 g/mol. The molecule has 0 unspecified atom stereocenters. The van der Waals surface area contributed by atoms with Gasteiger partial charge in [-0.2, -0.15) is 0 Å². The Hall–Kier alpha value is -9.82. The molecular formula is C69H48N4O3. The van der Waals surface area contributed by atoms with Crippen LogP contribution in [0.3, 0.4) is 0 Å². The molecule has 0 fully saturated rings. The summed E-state index contributed by atoms with van der Waals surface area (Å²) < 4.78 is 23.1. The number of nitrogens with zero attached hydrogens (tertiary/aromatic N) is 4. The average molecular weight is 981 g/mol. The Balaban J connectivity index is 0.821. The third-order valence-corrected chi connectivity index (χ3v) is 15.2. The molecule has 15 aromatic rings. The maximum absolute atomic E-state index is 10.7. The lowest BCUT2D eigenvalue weighted by atomic mass is 10.1. The highest BCUT2D eigenvalue weighted by Crippen LogP contribution is 2.39. The Labute approximate surface area is 437 Å². The number of hydrogen-bond acceptors (Lipinski definition) is 3. The minimum Gasteiger partial charge on any atom is -0.489 e. The minimum atomic E-state index is -0.171. The fraction of sp³-hybridized carbons (Fsp3) is 0.0435. The zero-order chi connectivity index (χ0) is 50.3. The summed E-state index contributed by atoms with van der Waals surface area (Å²) in [5.74, 6) is 1.21. The summed E-state index contributed by atoms with van der Waals surface area (Å²) in [6.07, 6.45) is 0. The van der Waals surface area contributed by atoms with Crippen molar-refractivity contribution in [2.45, 2.75) is 19.8 Å². The van der Waals surface area contributed by atoms with Crippen LogP contribution in [0.25, 0.3) is 110 Å². The zero-order valence-electron chi connectivity index (χ0n) is 41.3. The normalized spacial score (nSPS) is 11.9. The van der Waals surface area contributed by atoms with Crippen molar-refractivity contribution < 1.29 is 14.6 Å². The van der Waals surface area contributed by atoms with Gasteiger partial charge in [0.2, 0.25) is 0 Å². The SMILES string of the molecule is OCc1cc(OCc2cc(-n3c4ccccc4c4ccccc43)cc(-n3c4ccccc4c4ccccc43)c2)cc(OCc2cc(-n3c4ccccc4c4ccccc43)cc(-n3c4ccccc4c4ccccc43)c2)c1. The second kappa shape index (κ2) is 17.7. The van der Waals surface area contributed by atoms with Crippen LogP contribution < -0.4 is 9.47 Å². The Bertz CT molecular complexity index is 4010. The molecule has 0 aliphatic carbocycles. The van der Waals surface area contributed by atoms with E-state index in [9.17, 15) is 5.11 Å². The molecule has 76 heavy (non-hydrogen) atoms. The van der Waals surface area contributed by atoms with E-state index in [-0.39, 0.29) is 19.8 Å². The van der Waals surface area contributed by atoms with E-state index in [1.54, 1.807) is 0 Å². The Morgan fingerprint density at radius 3 is 0.697 bits per heavy atom. The Morgan fingerprint density at radius 1 is 0.250 bits per heavy atom. The third kappa shape index (κ3) is 7.08. The van der Waals surface area contributed by atoms with Gasteiger partial charge in [-0.3, -0.25) is 0 Å². The van der Waals surface area contributed by atoms with Gasteiger partial charge in [-0.15, -0.1) is 0 Å². The van der Waals surface area contributed by atoms with E-state index in [0.717, 1.165) is 78.0 Å². The van der Waals surface area contributed by atoms with Crippen LogP contribution in [0.5, 0.6) is 11.5 Å². The molecule has 0 spiro atoms. The fourth-order valence-corrected chi connectivity index (χ4v) is 12.0. The van der Waals surface area contributed by atoms with E-state index >= 15 is 0 Å². The highest BCUT2D eigenvalue weighted by molar-refractivity contribution is 6.12. The number of fused-ring (bicyclic) bond motifs is 12. The van der Waals surface area contributed by atoms with Crippen LogP contribution in [-0.4, -0.2) is 23.4 Å². The highest BCUT2D eigenvalue weighted by Gasteiger charge is 2.20. The first-order valence-corrected chi connectivity index (χ1v) is 25.9. The maximum atomic E-state index is 10.7. The molecule has 4 heterocycles. The highest BCUT2D eigenvalue weighted by atomic mass is 16.5. The number of benzene rings is 11. The van der Waals surface area contributed by atoms with Crippen molar-refractivity contribution in [2.75, 3.05) is 0 Å². The molecule has 362 valence electrons. The van der Waals surface area contributed by atoms with Gasteiger partial charge >= 0.3 is 0 Å². The van der Waals surface area contributed by atoms with E-state index < -0.39 is 0 Å². The van der Waals surface area contributed by atoms with Crippen LogP contribution in [0.1, 0.15) is 16.7 Å². The third-order valence-electron chi connectivity index (χ3n) is 15.2. The smallest absolute Gasteiger partial charge is 0.123 e. The van der Waals surface area contributed by atoms with Gasteiger partial charge in [0.05, 0.1) is 50.7 Å². The second-order valence-electron chi connectivity index (χ2n) is 19.7. The summed E-state index contributed by atoms with van der Waals surface area (Å²) in [5.41, 5.74) is 15.9. The van der Waals surface area contributed by atoms with Crippen LogP contribution in [0, 0.1) is 0 Å². The van der Waals surface area contributed by atoms with Crippen LogP contribution in [-0.2, 0) is 19.8 Å². The first-order valence-electron chi connectivity index (χ1n) is 25.9. The lowest BCUT2D eigenvalue weighted by Crippen LogP contribution is -2.04. The van der Waals surface area contributed by atoms with Gasteiger partial charge in [0.15, 0.2) is 0 Å². The van der Waals surface area contributed by atoms with Crippen LogP contribution in [0.4, 0.5) is 0 Å². The van der Waals surface area contributed by atoms with Crippen molar-refractivity contribution in [3.05, 3.63) is 265 Å². The van der Waals surface area contributed by atoms with Crippen molar-refractivity contribution in [2.24, 2.45) is 0 Å². The van der Waals surface area contributed by atoms with Gasteiger partial charge in [-0.1, -0.05) is 146 Å². The molecule has 1 N–H and O–H groups in total. The molecule has 7 heteroatoms. The summed E-state index contributed by atoms with van der Waals surface area (Å²) >= 11 is 0. The summed E-state index contributed by atoms with van der Waals surface area (Å²) in [7, 11) is 0. The Morgan fingerprint density at radius 2 is 0.474 bits per heavy atom. The van der Waals surface area contributed by atoms with E-state index in [0.29, 0.717) is 17.1 Å². The van der Waals surface area contributed by atoms with E-state index in [2.05, 4.69) is 249 Å². The molecule has 0 aliphatic rings. The van der Waals surface area contributed by atoms with E-state index in [4.69, 9.17) is 9.47 Å². The quantitative estimate of drug-likeness (QED) is 0.140. The number of aromatic nitrogens is 4. The minimum absolute atomic E-state index is 0.171. The van der Waals surface area contributed by atoms with Gasteiger partial charge in [-0.25, -0.2) is 0 Å². The lowest BCUT2D eigenvalue weighted by Gasteiger charge is -2.17. The molecular weight excluding hydrogens is 933 g/mol. The summed E-state index contributed by atoms with van der Waals surface area (Å²) in [6, 6.07) is 88.3. The maximum Gasteiger partial charge on any atom is 0.123 e. The Kier molecular flexibility index (Phi) is 10.2. The van der Waals surface area contributed by atoms with Crippen LogP contribution >= 0.6 is 0 Å². The number of ether oxygens (including phenoxy) is 2. The summed E-state index contributed by atoms with van der Waals surface area (Å²) in [5, 5.41) is 20.3. The van der Waals surface area contributed by atoms with Crippen LogP contribution in [0.15, 0.2) is 249 Å². The van der Waals surface area contributed by atoms with Crippen molar-refractivity contribution in [1.29, 1.82) is 0 Å². The van der Waals surface area contributed by atoms with Gasteiger partial charge < -0.3 is 32.8 Å².